The Morgan fingerprint density at radius 1 is 1.21 bits per heavy atom. The number of pyridine rings is 1. The molecule has 19 heavy (non-hydrogen) atoms. The van der Waals surface area contributed by atoms with E-state index in [9.17, 15) is 4.79 Å². The fourth-order valence-electron chi connectivity index (χ4n) is 2.85. The van der Waals surface area contributed by atoms with Gasteiger partial charge >= 0.3 is 0 Å². The minimum absolute atomic E-state index is 0.0447. The first kappa shape index (κ1) is 12.9. The summed E-state index contributed by atoms with van der Waals surface area (Å²) in [5.41, 5.74) is 0.588. The van der Waals surface area contributed by atoms with Crippen molar-refractivity contribution in [2.45, 2.75) is 25.3 Å². The quantitative estimate of drug-likeness (QED) is 0.831. The normalized spacial score (nSPS) is 21.2. The molecule has 102 valence electrons. The minimum Gasteiger partial charge on any atom is -0.335 e. The number of halogens is 1. The Balaban J connectivity index is 1.56. The molecule has 2 saturated heterocycles. The summed E-state index contributed by atoms with van der Waals surface area (Å²) in [6.07, 6.45) is 7.07. The summed E-state index contributed by atoms with van der Waals surface area (Å²) in [6.45, 7) is 4.05. The van der Waals surface area contributed by atoms with E-state index < -0.39 is 0 Å². The van der Waals surface area contributed by atoms with Gasteiger partial charge in [-0.3, -0.25) is 14.7 Å². The van der Waals surface area contributed by atoms with Crippen LogP contribution < -0.4 is 0 Å². The van der Waals surface area contributed by atoms with E-state index in [1.165, 1.54) is 32.4 Å². The van der Waals surface area contributed by atoms with Gasteiger partial charge in [-0.2, -0.15) is 0 Å². The van der Waals surface area contributed by atoms with Crippen molar-refractivity contribution in [3.05, 3.63) is 29.0 Å². The van der Waals surface area contributed by atoms with Crippen LogP contribution in [0.5, 0.6) is 0 Å². The molecule has 0 aliphatic carbocycles. The zero-order valence-corrected chi connectivity index (χ0v) is 11.6. The lowest BCUT2D eigenvalue weighted by molar-refractivity contribution is 0.0203. The van der Waals surface area contributed by atoms with Gasteiger partial charge in [0.1, 0.15) is 0 Å². The Hall–Kier alpha value is -1.13. The molecule has 2 fully saturated rings. The van der Waals surface area contributed by atoms with Crippen LogP contribution >= 0.6 is 11.6 Å². The van der Waals surface area contributed by atoms with Gasteiger partial charge in [0.05, 0.1) is 10.6 Å². The third-order valence-electron chi connectivity index (χ3n) is 4.01. The van der Waals surface area contributed by atoms with Gasteiger partial charge in [0.15, 0.2) is 0 Å². The average Bonchev–Trinajstić information content (AvgIpc) is 2.38. The monoisotopic (exact) mass is 279 g/mol. The minimum atomic E-state index is 0.0447. The first-order chi connectivity index (χ1) is 9.24. The lowest BCUT2D eigenvalue weighted by atomic mass is 10.0. The standard InChI is InChI=1S/C14H18ClN3O/c15-12-6-11(7-16-8-12)14(19)18-9-13(10-18)17-4-2-1-3-5-17/h6-8,13H,1-5,9-10H2. The van der Waals surface area contributed by atoms with Crippen molar-refractivity contribution in [2.75, 3.05) is 26.2 Å². The van der Waals surface area contributed by atoms with Crippen molar-refractivity contribution >= 4 is 17.5 Å². The number of carbonyl (C=O) groups excluding carboxylic acids is 1. The number of nitrogens with zero attached hydrogens (tertiary/aromatic N) is 3. The van der Waals surface area contributed by atoms with Gasteiger partial charge in [-0.1, -0.05) is 18.0 Å². The average molecular weight is 280 g/mol. The predicted molar refractivity (Wildman–Crippen MR) is 74.4 cm³/mol. The summed E-state index contributed by atoms with van der Waals surface area (Å²) >= 11 is 5.86. The summed E-state index contributed by atoms with van der Waals surface area (Å²) in [5.74, 6) is 0.0447. The van der Waals surface area contributed by atoms with E-state index in [0.29, 0.717) is 16.6 Å². The SMILES string of the molecule is O=C(c1cncc(Cl)c1)N1CC(N2CCCCC2)C1. The van der Waals surface area contributed by atoms with Crippen molar-refractivity contribution in [3.8, 4) is 0 Å². The molecule has 0 aromatic carbocycles. The van der Waals surface area contributed by atoms with Gasteiger partial charge in [-0.05, 0) is 32.0 Å². The highest BCUT2D eigenvalue weighted by atomic mass is 35.5. The molecule has 0 saturated carbocycles. The van der Waals surface area contributed by atoms with Gasteiger partial charge in [0.2, 0.25) is 0 Å². The van der Waals surface area contributed by atoms with Crippen molar-refractivity contribution < 1.29 is 4.79 Å². The largest absolute Gasteiger partial charge is 0.335 e. The van der Waals surface area contributed by atoms with E-state index in [-0.39, 0.29) is 5.91 Å². The van der Waals surface area contributed by atoms with Crippen molar-refractivity contribution in [1.29, 1.82) is 0 Å². The first-order valence-corrected chi connectivity index (χ1v) is 7.26. The second kappa shape index (κ2) is 5.47. The van der Waals surface area contributed by atoms with E-state index in [4.69, 9.17) is 11.6 Å². The second-order valence-electron chi connectivity index (χ2n) is 5.35. The Kier molecular flexibility index (Phi) is 3.71. The lowest BCUT2D eigenvalue weighted by Crippen LogP contribution is -2.61. The molecule has 1 aromatic rings. The Morgan fingerprint density at radius 2 is 1.95 bits per heavy atom. The van der Waals surface area contributed by atoms with Crippen LogP contribution in [-0.2, 0) is 0 Å². The third kappa shape index (κ3) is 2.74. The number of aromatic nitrogens is 1. The van der Waals surface area contributed by atoms with Crippen molar-refractivity contribution in [3.63, 3.8) is 0 Å². The molecule has 4 nitrogen and oxygen atoms in total. The van der Waals surface area contributed by atoms with Crippen LogP contribution in [0.2, 0.25) is 5.02 Å². The molecular weight excluding hydrogens is 262 g/mol. The Labute approximate surface area is 118 Å². The van der Waals surface area contributed by atoms with Gasteiger partial charge in [0, 0.05) is 31.5 Å². The topological polar surface area (TPSA) is 36.4 Å². The number of likely N-dealkylation sites (tertiary alicyclic amines) is 2. The Morgan fingerprint density at radius 3 is 2.63 bits per heavy atom. The summed E-state index contributed by atoms with van der Waals surface area (Å²) in [4.78, 5) is 20.6. The van der Waals surface area contributed by atoms with Gasteiger partial charge < -0.3 is 4.90 Å². The van der Waals surface area contributed by atoms with Crippen LogP contribution in [0.1, 0.15) is 29.6 Å². The van der Waals surface area contributed by atoms with Gasteiger partial charge in [-0.25, -0.2) is 0 Å². The maximum Gasteiger partial charge on any atom is 0.255 e. The molecule has 0 spiro atoms. The molecule has 0 N–H and O–H groups in total. The van der Waals surface area contributed by atoms with Crippen molar-refractivity contribution in [2.24, 2.45) is 0 Å². The third-order valence-corrected chi connectivity index (χ3v) is 4.22. The highest BCUT2D eigenvalue weighted by Gasteiger charge is 2.35. The van der Waals surface area contributed by atoms with E-state index in [1.54, 1.807) is 18.5 Å². The number of carbonyl (C=O) groups is 1. The van der Waals surface area contributed by atoms with E-state index >= 15 is 0 Å². The van der Waals surface area contributed by atoms with Crippen LogP contribution in [0.4, 0.5) is 0 Å². The number of hydrogen-bond donors (Lipinski definition) is 0. The molecule has 0 radical (unpaired) electrons. The molecule has 1 amide bonds. The predicted octanol–water partition coefficient (Wildman–Crippen LogP) is 2.05. The molecule has 0 atom stereocenters. The number of piperidine rings is 1. The smallest absolute Gasteiger partial charge is 0.255 e. The maximum atomic E-state index is 12.2. The number of hydrogen-bond acceptors (Lipinski definition) is 3. The maximum absolute atomic E-state index is 12.2. The zero-order chi connectivity index (χ0) is 13.2. The molecule has 2 aliphatic rings. The fourth-order valence-corrected chi connectivity index (χ4v) is 3.02. The lowest BCUT2D eigenvalue weighted by Gasteiger charge is -2.46. The molecular formula is C14H18ClN3O. The molecule has 2 aliphatic heterocycles. The van der Waals surface area contributed by atoms with Crippen LogP contribution in [0.25, 0.3) is 0 Å². The van der Waals surface area contributed by atoms with Crippen molar-refractivity contribution in [1.82, 2.24) is 14.8 Å². The summed E-state index contributed by atoms with van der Waals surface area (Å²) in [5, 5.41) is 0.513. The van der Waals surface area contributed by atoms with Gasteiger partial charge in [0.25, 0.3) is 5.91 Å². The van der Waals surface area contributed by atoms with E-state index in [2.05, 4.69) is 9.88 Å². The highest BCUT2D eigenvalue weighted by Crippen LogP contribution is 2.22. The molecule has 0 bridgehead atoms. The van der Waals surface area contributed by atoms with Crippen LogP contribution in [-0.4, -0.2) is 52.9 Å². The highest BCUT2D eigenvalue weighted by molar-refractivity contribution is 6.30. The number of amides is 1. The number of rotatable bonds is 2. The van der Waals surface area contributed by atoms with E-state index in [1.807, 2.05) is 4.90 Å². The summed E-state index contributed by atoms with van der Waals surface area (Å²) in [7, 11) is 0. The first-order valence-electron chi connectivity index (χ1n) is 6.88. The zero-order valence-electron chi connectivity index (χ0n) is 10.9. The molecule has 3 heterocycles. The Bertz CT molecular complexity index is 468. The molecule has 0 unspecified atom stereocenters. The summed E-state index contributed by atoms with van der Waals surface area (Å²) < 4.78 is 0. The molecule has 5 heteroatoms. The van der Waals surface area contributed by atoms with Gasteiger partial charge in [-0.15, -0.1) is 0 Å². The summed E-state index contributed by atoms with van der Waals surface area (Å²) in [6, 6.07) is 2.24. The molecule has 1 aromatic heterocycles. The van der Waals surface area contributed by atoms with Crippen LogP contribution in [0, 0.1) is 0 Å². The van der Waals surface area contributed by atoms with Crippen LogP contribution in [0.3, 0.4) is 0 Å². The fraction of sp³-hybridized carbons (Fsp3) is 0.571. The molecule has 3 rings (SSSR count). The van der Waals surface area contributed by atoms with Crippen LogP contribution in [0.15, 0.2) is 18.5 Å². The van der Waals surface area contributed by atoms with E-state index in [0.717, 1.165) is 13.1 Å². The second-order valence-corrected chi connectivity index (χ2v) is 5.79.